The summed E-state index contributed by atoms with van der Waals surface area (Å²) in [5, 5.41) is 10.3. The summed E-state index contributed by atoms with van der Waals surface area (Å²) in [5.74, 6) is -0.497. The van der Waals surface area contributed by atoms with Crippen molar-refractivity contribution in [3.05, 3.63) is 24.3 Å². The topological polar surface area (TPSA) is 173 Å². The lowest BCUT2D eigenvalue weighted by Gasteiger charge is -2.27. The number of carbonyl (C=O) groups excluding carboxylic acids is 2. The van der Waals surface area contributed by atoms with Crippen molar-refractivity contribution < 1.29 is 52.5 Å². The van der Waals surface area contributed by atoms with Gasteiger partial charge in [-0.3, -0.25) is 18.6 Å². The SMILES string of the molecule is CCCCCCCCCCCCCCCCCC(=O)OCC(COP(=O)(O)OCCN)OC(=O)CCC/C=C\CC1C2CC(OO2)C1/C=C/C(O)CCCCC. The number of esters is 2. The molecule has 2 rings (SSSR count). The van der Waals surface area contributed by atoms with Crippen molar-refractivity contribution in [2.75, 3.05) is 26.4 Å². The first kappa shape index (κ1) is 50.5. The Morgan fingerprint density at radius 2 is 1.36 bits per heavy atom. The first-order chi connectivity index (χ1) is 27.2. The summed E-state index contributed by atoms with van der Waals surface area (Å²) in [6.07, 6.45) is 32.4. The zero-order valence-corrected chi connectivity index (χ0v) is 35.8. The van der Waals surface area contributed by atoms with E-state index in [1.54, 1.807) is 0 Å². The lowest BCUT2D eigenvalue weighted by molar-refractivity contribution is -0.336. The van der Waals surface area contributed by atoms with Crippen molar-refractivity contribution in [2.45, 2.75) is 199 Å². The van der Waals surface area contributed by atoms with Crippen LogP contribution >= 0.6 is 7.82 Å². The van der Waals surface area contributed by atoms with Crippen LogP contribution in [0.4, 0.5) is 0 Å². The Hall–Kier alpha value is -1.63. The van der Waals surface area contributed by atoms with Crippen molar-refractivity contribution in [1.82, 2.24) is 0 Å². The number of phosphoric acid groups is 1. The summed E-state index contributed by atoms with van der Waals surface area (Å²) < 4.78 is 32.9. The Labute approximate surface area is 338 Å². The Morgan fingerprint density at radius 1 is 0.768 bits per heavy atom. The maximum absolute atomic E-state index is 12.7. The summed E-state index contributed by atoms with van der Waals surface area (Å²) in [6, 6.07) is 0. The highest BCUT2D eigenvalue weighted by Gasteiger charge is 2.49. The van der Waals surface area contributed by atoms with E-state index >= 15 is 0 Å². The van der Waals surface area contributed by atoms with E-state index in [0.717, 1.165) is 51.4 Å². The van der Waals surface area contributed by atoms with Gasteiger partial charge in [0.25, 0.3) is 0 Å². The molecule has 1 aliphatic carbocycles. The molecule has 326 valence electrons. The second-order valence-corrected chi connectivity index (χ2v) is 17.1. The average Bonchev–Trinajstić information content (AvgIpc) is 3.79. The predicted octanol–water partition coefficient (Wildman–Crippen LogP) is 9.74. The minimum Gasteiger partial charge on any atom is -0.462 e. The van der Waals surface area contributed by atoms with E-state index in [1.807, 2.05) is 12.2 Å². The van der Waals surface area contributed by atoms with Gasteiger partial charge in [0.05, 0.1) is 25.4 Å². The largest absolute Gasteiger partial charge is 0.472 e. The molecule has 1 saturated carbocycles. The minimum atomic E-state index is -4.42. The third kappa shape index (κ3) is 24.3. The molecule has 7 unspecified atom stereocenters. The summed E-state index contributed by atoms with van der Waals surface area (Å²) in [5.41, 5.74) is 5.36. The fourth-order valence-corrected chi connectivity index (χ4v) is 8.12. The van der Waals surface area contributed by atoms with E-state index in [1.165, 1.54) is 77.0 Å². The lowest BCUT2D eigenvalue weighted by Crippen LogP contribution is -2.29. The van der Waals surface area contributed by atoms with Crippen LogP contribution in [0.1, 0.15) is 174 Å². The molecule has 13 heteroatoms. The van der Waals surface area contributed by atoms with Gasteiger partial charge in [-0.2, -0.15) is 0 Å². The number of unbranched alkanes of at least 4 members (excludes halogenated alkanes) is 17. The van der Waals surface area contributed by atoms with Gasteiger partial charge in [-0.05, 0) is 32.1 Å². The van der Waals surface area contributed by atoms with Gasteiger partial charge in [-0.1, -0.05) is 147 Å². The second-order valence-electron chi connectivity index (χ2n) is 15.7. The summed E-state index contributed by atoms with van der Waals surface area (Å²) in [4.78, 5) is 46.1. The van der Waals surface area contributed by atoms with Crippen molar-refractivity contribution in [3.8, 4) is 0 Å². The first-order valence-corrected chi connectivity index (χ1v) is 23.7. The Balaban J connectivity index is 1.66. The van der Waals surface area contributed by atoms with Crippen molar-refractivity contribution in [3.63, 3.8) is 0 Å². The van der Waals surface area contributed by atoms with Crippen LogP contribution in [0.25, 0.3) is 0 Å². The first-order valence-electron chi connectivity index (χ1n) is 22.2. The molecule has 0 amide bonds. The van der Waals surface area contributed by atoms with E-state index in [9.17, 15) is 24.2 Å². The Bertz CT molecular complexity index is 1120. The summed E-state index contributed by atoms with van der Waals surface area (Å²) in [6.45, 7) is 3.49. The molecule has 0 aromatic heterocycles. The number of allylic oxidation sites excluding steroid dienone is 2. The number of hydrogen-bond acceptors (Lipinski definition) is 11. The van der Waals surface area contributed by atoms with Crippen LogP contribution in [0.5, 0.6) is 0 Å². The maximum atomic E-state index is 12.7. The van der Waals surface area contributed by atoms with Crippen LogP contribution in [-0.2, 0) is 42.5 Å². The Kier molecular flexibility index (Phi) is 29.1. The highest BCUT2D eigenvalue weighted by atomic mass is 31.2. The van der Waals surface area contributed by atoms with Gasteiger partial charge in [0.1, 0.15) is 12.7 Å². The molecule has 0 aromatic carbocycles. The third-order valence-corrected chi connectivity index (χ3v) is 11.6. The molecule has 1 heterocycles. The molecule has 2 aliphatic rings. The van der Waals surface area contributed by atoms with Crippen LogP contribution in [0.15, 0.2) is 24.3 Å². The highest BCUT2D eigenvalue weighted by Crippen LogP contribution is 2.45. The second kappa shape index (κ2) is 32.2. The standard InChI is InChI=1S/C43H78NO11P/c1-3-5-7-8-9-10-11-12-13-14-15-16-17-18-23-27-42(46)50-34-37(35-52-56(48,49)51-32-31-44)53-43(47)28-24-20-19-22-26-38-39(41-33-40(38)54-55-41)30-29-36(45)25-21-6-4-2/h19,22,29-30,36-41,45H,3-18,20-21,23-28,31-35,44H2,1-2H3,(H,48,49)/b22-19-,30-29+. The fraction of sp³-hybridized carbons (Fsp3) is 0.860. The molecule has 0 spiro atoms. The molecule has 2 fully saturated rings. The van der Waals surface area contributed by atoms with E-state index in [2.05, 4.69) is 26.0 Å². The van der Waals surface area contributed by atoms with Gasteiger partial charge in [0.2, 0.25) is 0 Å². The highest BCUT2D eigenvalue weighted by molar-refractivity contribution is 7.47. The molecule has 0 aromatic rings. The van der Waals surface area contributed by atoms with E-state index in [0.29, 0.717) is 19.3 Å². The molecule has 7 atom stereocenters. The fourth-order valence-electron chi connectivity index (χ4n) is 7.35. The van der Waals surface area contributed by atoms with Gasteiger partial charge in [-0.15, -0.1) is 0 Å². The zero-order valence-electron chi connectivity index (χ0n) is 34.9. The Morgan fingerprint density at radius 3 is 2.00 bits per heavy atom. The van der Waals surface area contributed by atoms with Crippen molar-refractivity contribution >= 4 is 19.8 Å². The van der Waals surface area contributed by atoms with Crippen LogP contribution in [0.2, 0.25) is 0 Å². The smallest absolute Gasteiger partial charge is 0.462 e. The van der Waals surface area contributed by atoms with Crippen LogP contribution in [-0.4, -0.2) is 72.7 Å². The summed E-state index contributed by atoms with van der Waals surface area (Å²) >= 11 is 0. The molecule has 1 aliphatic heterocycles. The van der Waals surface area contributed by atoms with Crippen LogP contribution in [0.3, 0.4) is 0 Å². The van der Waals surface area contributed by atoms with Crippen molar-refractivity contribution in [1.29, 1.82) is 0 Å². The lowest BCUT2D eigenvalue weighted by atomic mass is 9.89. The zero-order chi connectivity index (χ0) is 40.7. The van der Waals surface area contributed by atoms with Crippen LogP contribution < -0.4 is 5.73 Å². The van der Waals surface area contributed by atoms with E-state index in [-0.39, 0.29) is 56.6 Å². The normalized spacial score (nSPS) is 21.5. The predicted molar refractivity (Wildman–Crippen MR) is 219 cm³/mol. The molecular formula is C43H78NO11P. The number of carbonyl (C=O) groups is 2. The quantitative estimate of drug-likeness (QED) is 0.0178. The molecule has 12 nitrogen and oxygen atoms in total. The molecule has 1 saturated heterocycles. The molecule has 56 heavy (non-hydrogen) atoms. The number of fused-ring (bicyclic) bond motifs is 2. The molecule has 4 N–H and O–H groups in total. The molecule has 2 bridgehead atoms. The van der Waals surface area contributed by atoms with Gasteiger partial charge < -0.3 is 25.2 Å². The monoisotopic (exact) mass is 816 g/mol. The number of aliphatic hydroxyl groups is 1. The summed E-state index contributed by atoms with van der Waals surface area (Å²) in [7, 11) is -4.42. The average molecular weight is 816 g/mol. The number of ether oxygens (including phenoxy) is 2. The number of hydrogen-bond donors (Lipinski definition) is 3. The van der Waals surface area contributed by atoms with E-state index in [4.69, 9.17) is 34.0 Å². The third-order valence-electron chi connectivity index (χ3n) is 10.7. The number of phosphoric ester groups is 1. The molecular weight excluding hydrogens is 737 g/mol. The maximum Gasteiger partial charge on any atom is 0.472 e. The molecule has 0 radical (unpaired) electrons. The van der Waals surface area contributed by atoms with Crippen LogP contribution in [0, 0.1) is 11.8 Å². The van der Waals surface area contributed by atoms with Gasteiger partial charge in [-0.25, -0.2) is 14.3 Å². The van der Waals surface area contributed by atoms with E-state index < -0.39 is 38.6 Å². The van der Waals surface area contributed by atoms with Crippen molar-refractivity contribution in [2.24, 2.45) is 17.6 Å². The number of nitrogens with two attached hydrogens (primary N) is 1. The number of rotatable bonds is 37. The minimum absolute atomic E-state index is 0.00402. The number of aliphatic hydroxyl groups excluding tert-OH is 1. The van der Waals surface area contributed by atoms with Gasteiger partial charge >= 0.3 is 19.8 Å². The van der Waals surface area contributed by atoms with Gasteiger partial charge in [0, 0.05) is 37.6 Å². The van der Waals surface area contributed by atoms with Gasteiger partial charge in [0.15, 0.2) is 6.10 Å².